The van der Waals surface area contributed by atoms with Gasteiger partial charge in [0.15, 0.2) is 0 Å². The lowest BCUT2D eigenvalue weighted by Gasteiger charge is -2.20. The zero-order valence-corrected chi connectivity index (χ0v) is 13.5. The summed E-state index contributed by atoms with van der Waals surface area (Å²) in [6.45, 7) is 1.97. The average molecular weight is 317 g/mol. The monoisotopic (exact) mass is 317 g/mol. The van der Waals surface area contributed by atoms with Gasteiger partial charge in [0, 0.05) is 24.8 Å². The molecule has 0 saturated carbocycles. The maximum absolute atomic E-state index is 12.6. The van der Waals surface area contributed by atoms with E-state index in [0.717, 1.165) is 22.3 Å². The molecule has 1 atom stereocenters. The smallest absolute Gasteiger partial charge is 0.225 e. The van der Waals surface area contributed by atoms with Crippen LogP contribution in [-0.4, -0.2) is 15.9 Å². The van der Waals surface area contributed by atoms with Gasteiger partial charge in [-0.05, 0) is 47.4 Å². The molecule has 4 heteroatoms. The van der Waals surface area contributed by atoms with E-state index in [1.807, 2.05) is 55.5 Å². The molecule has 3 rings (SSSR count). The van der Waals surface area contributed by atoms with E-state index in [0.29, 0.717) is 6.42 Å². The van der Waals surface area contributed by atoms with Crippen LogP contribution in [0.15, 0.2) is 73.3 Å². The van der Waals surface area contributed by atoms with Crippen LogP contribution in [0.4, 0.5) is 0 Å². The highest BCUT2D eigenvalue weighted by Crippen LogP contribution is 2.21. The van der Waals surface area contributed by atoms with Gasteiger partial charge in [-0.15, -0.1) is 0 Å². The number of nitrogens with one attached hydrogen (secondary N) is 1. The predicted octanol–water partition coefficient (Wildman–Crippen LogP) is 3.23. The van der Waals surface area contributed by atoms with Gasteiger partial charge in [0.05, 0.1) is 12.5 Å². The van der Waals surface area contributed by atoms with Crippen LogP contribution in [0, 0.1) is 6.92 Å². The van der Waals surface area contributed by atoms with Crippen LogP contribution in [0.3, 0.4) is 0 Å². The molecule has 0 unspecified atom stereocenters. The molecular formula is C20H19N3O. The van der Waals surface area contributed by atoms with Crippen molar-refractivity contribution in [1.29, 1.82) is 0 Å². The van der Waals surface area contributed by atoms with Gasteiger partial charge in [0.1, 0.15) is 0 Å². The van der Waals surface area contributed by atoms with Gasteiger partial charge < -0.3 is 5.32 Å². The lowest BCUT2D eigenvalue weighted by molar-refractivity contribution is -0.120. The first-order chi connectivity index (χ1) is 11.7. The van der Waals surface area contributed by atoms with Gasteiger partial charge >= 0.3 is 0 Å². The van der Waals surface area contributed by atoms with Crippen LogP contribution in [0.1, 0.15) is 28.3 Å². The molecule has 1 aromatic carbocycles. The normalized spacial score (nSPS) is 11.7. The van der Waals surface area contributed by atoms with Crippen molar-refractivity contribution < 1.29 is 4.79 Å². The first kappa shape index (κ1) is 15.9. The Balaban J connectivity index is 1.82. The van der Waals surface area contributed by atoms with E-state index in [2.05, 4.69) is 15.3 Å². The molecule has 0 radical (unpaired) electrons. The first-order valence-corrected chi connectivity index (χ1v) is 7.88. The number of amides is 1. The maximum Gasteiger partial charge on any atom is 0.225 e. The minimum absolute atomic E-state index is 0.0186. The standard InChI is InChI=1S/C20H19N3O/c1-15-14-22-12-9-18(15)13-19(24)23-20(16-5-3-2-4-6-16)17-7-10-21-11-8-17/h2-12,14,20H,13H2,1H3,(H,23,24)/t20-/m1/s1. The van der Waals surface area contributed by atoms with Crippen molar-refractivity contribution in [3.8, 4) is 0 Å². The third-order valence-corrected chi connectivity index (χ3v) is 3.97. The Morgan fingerprint density at radius 2 is 1.62 bits per heavy atom. The second kappa shape index (κ2) is 7.51. The van der Waals surface area contributed by atoms with Crippen LogP contribution in [0.5, 0.6) is 0 Å². The van der Waals surface area contributed by atoms with Crippen LogP contribution in [0.2, 0.25) is 0 Å². The molecule has 24 heavy (non-hydrogen) atoms. The number of aryl methyl sites for hydroxylation is 1. The largest absolute Gasteiger partial charge is 0.345 e. The van der Waals surface area contributed by atoms with Gasteiger partial charge in [-0.1, -0.05) is 30.3 Å². The SMILES string of the molecule is Cc1cnccc1CC(=O)N[C@H](c1ccccc1)c1ccncc1. The number of carbonyl (C=O) groups excluding carboxylic acids is 1. The van der Waals surface area contributed by atoms with Gasteiger partial charge in [-0.2, -0.15) is 0 Å². The third-order valence-electron chi connectivity index (χ3n) is 3.97. The lowest BCUT2D eigenvalue weighted by atomic mass is 9.99. The van der Waals surface area contributed by atoms with Crippen molar-refractivity contribution in [2.24, 2.45) is 0 Å². The highest BCUT2D eigenvalue weighted by Gasteiger charge is 2.17. The van der Waals surface area contributed by atoms with E-state index in [1.165, 1.54) is 0 Å². The zero-order valence-electron chi connectivity index (χ0n) is 13.5. The molecule has 0 fully saturated rings. The summed E-state index contributed by atoms with van der Waals surface area (Å²) in [4.78, 5) is 20.7. The summed E-state index contributed by atoms with van der Waals surface area (Å²) in [5.74, 6) is -0.0186. The van der Waals surface area contributed by atoms with Crippen molar-refractivity contribution in [3.05, 3.63) is 95.6 Å². The van der Waals surface area contributed by atoms with Gasteiger partial charge in [-0.3, -0.25) is 14.8 Å². The van der Waals surface area contributed by atoms with E-state index in [4.69, 9.17) is 0 Å². The molecule has 4 nitrogen and oxygen atoms in total. The van der Waals surface area contributed by atoms with Crippen molar-refractivity contribution in [2.45, 2.75) is 19.4 Å². The highest BCUT2D eigenvalue weighted by atomic mass is 16.1. The summed E-state index contributed by atoms with van der Waals surface area (Å²) in [6, 6.07) is 15.5. The van der Waals surface area contributed by atoms with E-state index in [1.54, 1.807) is 24.8 Å². The Kier molecular flexibility index (Phi) is 4.96. The molecule has 2 aromatic heterocycles. The minimum Gasteiger partial charge on any atom is -0.345 e. The Labute approximate surface area is 141 Å². The van der Waals surface area contributed by atoms with Crippen molar-refractivity contribution in [2.75, 3.05) is 0 Å². The fraction of sp³-hybridized carbons (Fsp3) is 0.150. The van der Waals surface area contributed by atoms with Crippen LogP contribution in [-0.2, 0) is 11.2 Å². The molecule has 1 amide bonds. The summed E-state index contributed by atoms with van der Waals surface area (Å²) in [7, 11) is 0. The number of pyridine rings is 2. The molecule has 3 aromatic rings. The van der Waals surface area contributed by atoms with Gasteiger partial charge in [0.25, 0.3) is 0 Å². The second-order valence-corrected chi connectivity index (χ2v) is 5.67. The van der Waals surface area contributed by atoms with Crippen LogP contribution < -0.4 is 5.32 Å². The third kappa shape index (κ3) is 3.84. The summed E-state index contributed by atoms with van der Waals surface area (Å²) >= 11 is 0. The van der Waals surface area contributed by atoms with E-state index in [-0.39, 0.29) is 11.9 Å². The van der Waals surface area contributed by atoms with E-state index < -0.39 is 0 Å². The maximum atomic E-state index is 12.6. The molecule has 1 N–H and O–H groups in total. The van der Waals surface area contributed by atoms with Gasteiger partial charge in [-0.25, -0.2) is 0 Å². The Hall–Kier alpha value is -3.01. The lowest BCUT2D eigenvalue weighted by Crippen LogP contribution is -2.30. The Morgan fingerprint density at radius 1 is 0.958 bits per heavy atom. The number of aromatic nitrogens is 2. The number of rotatable bonds is 5. The molecule has 0 aliphatic carbocycles. The summed E-state index contributed by atoms with van der Waals surface area (Å²) in [5.41, 5.74) is 4.07. The van der Waals surface area contributed by atoms with Crippen molar-refractivity contribution in [1.82, 2.24) is 15.3 Å². The Bertz CT molecular complexity index is 764. The summed E-state index contributed by atoms with van der Waals surface area (Å²) in [6.07, 6.45) is 7.31. The Morgan fingerprint density at radius 3 is 2.33 bits per heavy atom. The second-order valence-electron chi connectivity index (χ2n) is 5.67. The fourth-order valence-corrected chi connectivity index (χ4v) is 2.65. The number of carbonyl (C=O) groups is 1. The van der Waals surface area contributed by atoms with Crippen LogP contribution >= 0.6 is 0 Å². The molecule has 120 valence electrons. The number of hydrogen-bond donors (Lipinski definition) is 1. The molecule has 0 bridgehead atoms. The molecule has 0 aliphatic rings. The van der Waals surface area contributed by atoms with Crippen molar-refractivity contribution in [3.63, 3.8) is 0 Å². The zero-order chi connectivity index (χ0) is 16.8. The highest BCUT2D eigenvalue weighted by molar-refractivity contribution is 5.79. The minimum atomic E-state index is -0.191. The predicted molar refractivity (Wildman–Crippen MR) is 93.3 cm³/mol. The van der Waals surface area contributed by atoms with Crippen LogP contribution in [0.25, 0.3) is 0 Å². The summed E-state index contributed by atoms with van der Waals surface area (Å²) < 4.78 is 0. The fourth-order valence-electron chi connectivity index (χ4n) is 2.65. The molecule has 0 spiro atoms. The number of hydrogen-bond acceptors (Lipinski definition) is 3. The van der Waals surface area contributed by atoms with Gasteiger partial charge in [0.2, 0.25) is 5.91 Å². The number of nitrogens with zero attached hydrogens (tertiary/aromatic N) is 2. The molecule has 2 heterocycles. The first-order valence-electron chi connectivity index (χ1n) is 7.88. The number of benzene rings is 1. The summed E-state index contributed by atoms with van der Waals surface area (Å²) in [5, 5.41) is 3.14. The topological polar surface area (TPSA) is 54.9 Å². The molecular weight excluding hydrogens is 298 g/mol. The quantitative estimate of drug-likeness (QED) is 0.786. The van der Waals surface area contributed by atoms with E-state index in [9.17, 15) is 4.79 Å². The van der Waals surface area contributed by atoms with Crippen molar-refractivity contribution >= 4 is 5.91 Å². The molecule has 0 saturated heterocycles. The molecule has 0 aliphatic heterocycles. The average Bonchev–Trinajstić information content (AvgIpc) is 2.63. The van der Waals surface area contributed by atoms with E-state index >= 15 is 0 Å².